The van der Waals surface area contributed by atoms with Gasteiger partial charge in [0.15, 0.2) is 0 Å². The van der Waals surface area contributed by atoms with E-state index in [2.05, 4.69) is 5.32 Å². The number of amides is 1. The molecule has 6 heteroatoms. The standard InChI is InChI=1S/C8H14N2O3S/c1-14-3-2-10-5-7(11)9-4-6(10)8(12)13/h6H,2-5H2,1H3,(H,9,11)(H,12,13). The molecule has 1 saturated heterocycles. The number of carboxylic acid groups (broad SMARTS) is 1. The first kappa shape index (κ1) is 11.3. The van der Waals surface area contributed by atoms with E-state index in [1.165, 1.54) is 0 Å². The molecule has 1 aliphatic heterocycles. The SMILES string of the molecule is CSCCN1CC(=O)NCC1C(=O)O. The third-order valence-electron chi connectivity index (χ3n) is 2.15. The number of piperazine rings is 1. The Kier molecular flexibility index (Phi) is 4.21. The van der Waals surface area contributed by atoms with Gasteiger partial charge in [-0.15, -0.1) is 0 Å². The third kappa shape index (κ3) is 2.88. The smallest absolute Gasteiger partial charge is 0.322 e. The highest BCUT2D eigenvalue weighted by Gasteiger charge is 2.30. The van der Waals surface area contributed by atoms with Crippen LogP contribution in [0.15, 0.2) is 0 Å². The molecule has 1 amide bonds. The Bertz CT molecular complexity index is 235. The Morgan fingerprint density at radius 2 is 2.50 bits per heavy atom. The summed E-state index contributed by atoms with van der Waals surface area (Å²) in [6.45, 7) is 1.05. The van der Waals surface area contributed by atoms with Gasteiger partial charge in [-0.25, -0.2) is 0 Å². The number of carbonyl (C=O) groups excluding carboxylic acids is 1. The molecule has 0 radical (unpaired) electrons. The van der Waals surface area contributed by atoms with Crippen molar-refractivity contribution < 1.29 is 14.7 Å². The maximum Gasteiger partial charge on any atom is 0.322 e. The molecule has 2 N–H and O–H groups in total. The van der Waals surface area contributed by atoms with Gasteiger partial charge in [0.05, 0.1) is 6.54 Å². The lowest BCUT2D eigenvalue weighted by atomic mass is 10.2. The lowest BCUT2D eigenvalue weighted by Gasteiger charge is -2.32. The van der Waals surface area contributed by atoms with Gasteiger partial charge >= 0.3 is 5.97 Å². The van der Waals surface area contributed by atoms with Gasteiger partial charge in [-0.3, -0.25) is 14.5 Å². The predicted molar refractivity (Wildman–Crippen MR) is 54.4 cm³/mol. The Labute approximate surface area is 86.8 Å². The fourth-order valence-corrected chi connectivity index (χ4v) is 1.79. The molecular formula is C8H14N2O3S. The zero-order chi connectivity index (χ0) is 10.6. The summed E-state index contributed by atoms with van der Waals surface area (Å²) in [5, 5.41) is 11.4. The first-order valence-corrected chi connectivity index (χ1v) is 5.77. The van der Waals surface area contributed by atoms with Crippen LogP contribution in [0.3, 0.4) is 0 Å². The van der Waals surface area contributed by atoms with Gasteiger partial charge in [0.25, 0.3) is 0 Å². The second-order valence-corrected chi connectivity index (χ2v) is 4.11. The summed E-state index contributed by atoms with van der Waals surface area (Å²) in [6, 6.07) is -0.570. The van der Waals surface area contributed by atoms with Crippen molar-refractivity contribution in [2.45, 2.75) is 6.04 Å². The summed E-state index contributed by atoms with van der Waals surface area (Å²) in [4.78, 5) is 23.6. The fraction of sp³-hybridized carbons (Fsp3) is 0.750. The van der Waals surface area contributed by atoms with E-state index in [1.807, 2.05) is 6.26 Å². The molecule has 5 nitrogen and oxygen atoms in total. The molecule has 0 aromatic carbocycles. The number of rotatable bonds is 4. The zero-order valence-electron chi connectivity index (χ0n) is 8.02. The number of thioether (sulfide) groups is 1. The van der Waals surface area contributed by atoms with Crippen LogP contribution in [0.2, 0.25) is 0 Å². The second-order valence-electron chi connectivity index (χ2n) is 3.12. The predicted octanol–water partition coefficient (Wildman–Crippen LogP) is -0.766. The monoisotopic (exact) mass is 218 g/mol. The van der Waals surface area contributed by atoms with Crippen molar-refractivity contribution in [3.63, 3.8) is 0 Å². The van der Waals surface area contributed by atoms with Gasteiger partial charge in [0.2, 0.25) is 5.91 Å². The van der Waals surface area contributed by atoms with E-state index < -0.39 is 12.0 Å². The van der Waals surface area contributed by atoms with E-state index in [9.17, 15) is 9.59 Å². The summed E-state index contributed by atoms with van der Waals surface area (Å²) in [7, 11) is 0. The molecule has 1 aliphatic rings. The van der Waals surface area contributed by atoms with Crippen LogP contribution in [0.1, 0.15) is 0 Å². The molecule has 0 bridgehead atoms. The van der Waals surface area contributed by atoms with E-state index in [0.717, 1.165) is 5.75 Å². The van der Waals surface area contributed by atoms with Crippen molar-refractivity contribution in [3.05, 3.63) is 0 Å². The van der Waals surface area contributed by atoms with Crippen LogP contribution < -0.4 is 5.32 Å². The van der Waals surface area contributed by atoms with E-state index in [4.69, 9.17) is 5.11 Å². The molecule has 1 rings (SSSR count). The van der Waals surface area contributed by atoms with Crippen LogP contribution in [-0.4, -0.2) is 59.6 Å². The van der Waals surface area contributed by atoms with E-state index >= 15 is 0 Å². The molecule has 1 fully saturated rings. The van der Waals surface area contributed by atoms with Gasteiger partial charge in [-0.05, 0) is 6.26 Å². The maximum absolute atomic E-state index is 11.1. The number of carboxylic acids is 1. The molecule has 14 heavy (non-hydrogen) atoms. The average molecular weight is 218 g/mol. The number of aliphatic carboxylic acids is 1. The molecule has 1 heterocycles. The van der Waals surface area contributed by atoms with Crippen molar-refractivity contribution >= 4 is 23.6 Å². The molecule has 1 unspecified atom stereocenters. The number of hydrogen-bond acceptors (Lipinski definition) is 4. The van der Waals surface area contributed by atoms with Crippen LogP contribution in [-0.2, 0) is 9.59 Å². The normalized spacial score (nSPS) is 23.2. The zero-order valence-corrected chi connectivity index (χ0v) is 8.84. The third-order valence-corrected chi connectivity index (χ3v) is 2.74. The van der Waals surface area contributed by atoms with Gasteiger partial charge < -0.3 is 10.4 Å². The highest BCUT2D eigenvalue weighted by Crippen LogP contribution is 2.05. The van der Waals surface area contributed by atoms with Crippen molar-refractivity contribution in [1.29, 1.82) is 0 Å². The highest BCUT2D eigenvalue weighted by molar-refractivity contribution is 7.98. The van der Waals surface area contributed by atoms with Crippen molar-refractivity contribution in [1.82, 2.24) is 10.2 Å². The highest BCUT2D eigenvalue weighted by atomic mass is 32.2. The minimum Gasteiger partial charge on any atom is -0.480 e. The lowest BCUT2D eigenvalue weighted by molar-refractivity contribution is -0.145. The number of hydrogen-bond donors (Lipinski definition) is 2. The van der Waals surface area contributed by atoms with Crippen LogP contribution in [0, 0.1) is 0 Å². The molecule has 80 valence electrons. The number of nitrogens with one attached hydrogen (secondary N) is 1. The van der Waals surface area contributed by atoms with E-state index in [0.29, 0.717) is 6.54 Å². The van der Waals surface area contributed by atoms with Crippen LogP contribution in [0.5, 0.6) is 0 Å². The number of carbonyl (C=O) groups is 2. The molecule has 0 saturated carbocycles. The molecular weight excluding hydrogens is 204 g/mol. The summed E-state index contributed by atoms with van der Waals surface area (Å²) in [6.07, 6.45) is 1.96. The molecule has 0 aliphatic carbocycles. The van der Waals surface area contributed by atoms with Gasteiger partial charge in [0.1, 0.15) is 6.04 Å². The van der Waals surface area contributed by atoms with Crippen LogP contribution >= 0.6 is 11.8 Å². The van der Waals surface area contributed by atoms with E-state index in [-0.39, 0.29) is 19.0 Å². The fourth-order valence-electron chi connectivity index (χ4n) is 1.38. The molecule has 0 aromatic heterocycles. The van der Waals surface area contributed by atoms with Crippen LogP contribution in [0.25, 0.3) is 0 Å². The van der Waals surface area contributed by atoms with Gasteiger partial charge in [-0.1, -0.05) is 0 Å². The number of nitrogens with zero attached hydrogens (tertiary/aromatic N) is 1. The quantitative estimate of drug-likeness (QED) is 0.649. The Morgan fingerprint density at radius 1 is 1.79 bits per heavy atom. The summed E-state index contributed by atoms with van der Waals surface area (Å²) in [5.41, 5.74) is 0. The second kappa shape index (κ2) is 5.21. The largest absolute Gasteiger partial charge is 0.480 e. The molecule has 1 atom stereocenters. The molecule has 0 spiro atoms. The summed E-state index contributed by atoms with van der Waals surface area (Å²) in [5.74, 6) is -0.119. The first-order valence-electron chi connectivity index (χ1n) is 4.37. The minimum atomic E-state index is -0.869. The summed E-state index contributed by atoms with van der Waals surface area (Å²) >= 11 is 1.64. The van der Waals surface area contributed by atoms with Crippen LogP contribution in [0.4, 0.5) is 0 Å². The van der Waals surface area contributed by atoms with Gasteiger partial charge in [-0.2, -0.15) is 11.8 Å². The van der Waals surface area contributed by atoms with Crippen molar-refractivity contribution in [2.24, 2.45) is 0 Å². The first-order chi connectivity index (χ1) is 6.65. The average Bonchev–Trinajstić information content (AvgIpc) is 2.14. The van der Waals surface area contributed by atoms with E-state index in [1.54, 1.807) is 16.7 Å². The Morgan fingerprint density at radius 3 is 3.07 bits per heavy atom. The lowest BCUT2D eigenvalue weighted by Crippen LogP contribution is -2.57. The Balaban J connectivity index is 2.54. The van der Waals surface area contributed by atoms with Crippen molar-refractivity contribution in [3.8, 4) is 0 Å². The summed E-state index contributed by atoms with van der Waals surface area (Å²) < 4.78 is 0. The van der Waals surface area contributed by atoms with Crippen molar-refractivity contribution in [2.75, 3.05) is 31.6 Å². The van der Waals surface area contributed by atoms with Gasteiger partial charge in [0, 0.05) is 18.8 Å². The minimum absolute atomic E-state index is 0.0939. The molecule has 0 aromatic rings. The topological polar surface area (TPSA) is 69.6 Å². The Hall–Kier alpha value is -0.750. The maximum atomic E-state index is 11.1.